The van der Waals surface area contributed by atoms with Crippen LogP contribution in [0.1, 0.15) is 40.0 Å². The number of nitrogens with zero attached hydrogens (tertiary/aromatic N) is 1. The van der Waals surface area contributed by atoms with Gasteiger partial charge >= 0.3 is 0 Å². The molecule has 3 nitrogen and oxygen atoms in total. The van der Waals surface area contributed by atoms with Gasteiger partial charge in [0.2, 0.25) is 5.91 Å². The van der Waals surface area contributed by atoms with Crippen molar-refractivity contribution in [3.05, 3.63) is 0 Å². The highest BCUT2D eigenvalue weighted by molar-refractivity contribution is 5.83. The first-order valence-corrected chi connectivity index (χ1v) is 6.50. The van der Waals surface area contributed by atoms with Gasteiger partial charge in [0, 0.05) is 19.1 Å². The second kappa shape index (κ2) is 4.02. The molecule has 0 aromatic rings. The maximum atomic E-state index is 12.5. The van der Waals surface area contributed by atoms with Crippen LogP contribution in [-0.4, -0.2) is 29.9 Å². The second-order valence-electron chi connectivity index (χ2n) is 6.08. The van der Waals surface area contributed by atoms with E-state index >= 15 is 0 Å². The minimum absolute atomic E-state index is 0.0613. The number of likely N-dealkylation sites (tertiary alicyclic amines) is 1. The van der Waals surface area contributed by atoms with Crippen LogP contribution in [0, 0.1) is 17.3 Å². The summed E-state index contributed by atoms with van der Waals surface area (Å²) in [6, 6.07) is 0.0613. The molecule has 1 saturated carbocycles. The summed E-state index contributed by atoms with van der Waals surface area (Å²) in [7, 11) is 0. The maximum Gasteiger partial charge on any atom is 0.230 e. The summed E-state index contributed by atoms with van der Waals surface area (Å²) < 4.78 is 0. The SMILES string of the molecule is CC1CN(C(=O)C2(C)CCCC2N)CC1C. The molecular weight excluding hydrogens is 200 g/mol. The van der Waals surface area contributed by atoms with Crippen molar-refractivity contribution < 1.29 is 4.79 Å². The molecule has 4 atom stereocenters. The standard InChI is InChI=1S/C13H24N2O/c1-9-7-15(8-10(9)2)12(16)13(3)6-4-5-11(13)14/h9-11H,4-8,14H2,1-3H3. The lowest BCUT2D eigenvalue weighted by Gasteiger charge is -2.32. The van der Waals surface area contributed by atoms with Gasteiger partial charge in [-0.2, -0.15) is 0 Å². The third-order valence-electron chi connectivity index (χ3n) is 4.79. The van der Waals surface area contributed by atoms with E-state index in [1.54, 1.807) is 0 Å². The van der Waals surface area contributed by atoms with Crippen LogP contribution in [0.2, 0.25) is 0 Å². The molecule has 2 N–H and O–H groups in total. The summed E-state index contributed by atoms with van der Waals surface area (Å²) in [5.74, 6) is 1.56. The van der Waals surface area contributed by atoms with E-state index in [9.17, 15) is 4.79 Å². The first-order valence-electron chi connectivity index (χ1n) is 6.50. The highest BCUT2D eigenvalue weighted by Gasteiger charge is 2.46. The molecular formula is C13H24N2O. The number of hydrogen-bond donors (Lipinski definition) is 1. The number of amides is 1. The summed E-state index contributed by atoms with van der Waals surface area (Å²) in [6.07, 6.45) is 3.07. The fourth-order valence-electron chi connectivity index (χ4n) is 3.12. The Bertz CT molecular complexity index is 282. The molecule has 1 heterocycles. The minimum Gasteiger partial charge on any atom is -0.342 e. The molecule has 92 valence electrons. The van der Waals surface area contributed by atoms with E-state index < -0.39 is 0 Å². The van der Waals surface area contributed by atoms with Crippen LogP contribution in [0.15, 0.2) is 0 Å². The Morgan fingerprint density at radius 3 is 2.31 bits per heavy atom. The minimum atomic E-state index is -0.288. The van der Waals surface area contributed by atoms with Gasteiger partial charge in [-0.3, -0.25) is 4.79 Å². The number of carbonyl (C=O) groups excluding carboxylic acids is 1. The lowest BCUT2D eigenvalue weighted by Crippen LogP contribution is -2.48. The summed E-state index contributed by atoms with van der Waals surface area (Å²) >= 11 is 0. The lowest BCUT2D eigenvalue weighted by molar-refractivity contribution is -0.140. The van der Waals surface area contributed by atoms with E-state index in [0.29, 0.717) is 17.7 Å². The Morgan fingerprint density at radius 1 is 1.31 bits per heavy atom. The van der Waals surface area contributed by atoms with Crippen molar-refractivity contribution in [2.45, 2.75) is 46.1 Å². The molecule has 3 heteroatoms. The van der Waals surface area contributed by atoms with Crippen LogP contribution in [0.4, 0.5) is 0 Å². The Labute approximate surface area is 98.4 Å². The molecule has 4 unspecified atom stereocenters. The third-order valence-corrected chi connectivity index (χ3v) is 4.79. The van der Waals surface area contributed by atoms with Gasteiger partial charge in [-0.05, 0) is 31.6 Å². The quantitative estimate of drug-likeness (QED) is 0.735. The van der Waals surface area contributed by atoms with Crippen LogP contribution in [0.5, 0.6) is 0 Å². The van der Waals surface area contributed by atoms with Gasteiger partial charge in [0.05, 0.1) is 5.41 Å². The number of hydrogen-bond acceptors (Lipinski definition) is 2. The van der Waals surface area contributed by atoms with Gasteiger partial charge in [0.1, 0.15) is 0 Å². The van der Waals surface area contributed by atoms with Crippen molar-refractivity contribution in [3.63, 3.8) is 0 Å². The van der Waals surface area contributed by atoms with E-state index in [2.05, 4.69) is 20.8 Å². The predicted molar refractivity (Wildman–Crippen MR) is 64.8 cm³/mol. The predicted octanol–water partition coefficient (Wildman–Crippen LogP) is 1.62. The van der Waals surface area contributed by atoms with Gasteiger partial charge in [0.25, 0.3) is 0 Å². The average Bonchev–Trinajstić information content (AvgIpc) is 2.73. The Hall–Kier alpha value is -0.570. The first-order chi connectivity index (χ1) is 7.45. The zero-order valence-electron chi connectivity index (χ0n) is 10.7. The summed E-state index contributed by atoms with van der Waals surface area (Å²) in [5, 5.41) is 0. The van der Waals surface area contributed by atoms with Crippen molar-refractivity contribution in [1.82, 2.24) is 4.90 Å². The Morgan fingerprint density at radius 2 is 1.88 bits per heavy atom. The monoisotopic (exact) mass is 224 g/mol. The summed E-state index contributed by atoms with van der Waals surface area (Å²) in [4.78, 5) is 14.6. The van der Waals surface area contributed by atoms with Crippen molar-refractivity contribution in [2.24, 2.45) is 23.0 Å². The molecule has 0 aromatic heterocycles. The molecule has 0 aromatic carbocycles. The van der Waals surface area contributed by atoms with E-state index in [1.165, 1.54) is 0 Å². The van der Waals surface area contributed by atoms with Crippen molar-refractivity contribution in [3.8, 4) is 0 Å². The molecule has 1 aliphatic carbocycles. The molecule has 2 rings (SSSR count). The van der Waals surface area contributed by atoms with E-state index in [0.717, 1.165) is 32.4 Å². The number of rotatable bonds is 1. The van der Waals surface area contributed by atoms with Crippen LogP contribution < -0.4 is 5.73 Å². The van der Waals surface area contributed by atoms with Crippen LogP contribution in [-0.2, 0) is 4.79 Å². The number of nitrogens with two attached hydrogens (primary N) is 1. The molecule has 0 bridgehead atoms. The van der Waals surface area contributed by atoms with Crippen molar-refractivity contribution >= 4 is 5.91 Å². The van der Waals surface area contributed by atoms with E-state index in [4.69, 9.17) is 5.73 Å². The second-order valence-corrected chi connectivity index (χ2v) is 6.08. The highest BCUT2D eigenvalue weighted by Crippen LogP contribution is 2.39. The van der Waals surface area contributed by atoms with Gasteiger partial charge in [-0.25, -0.2) is 0 Å². The fraction of sp³-hybridized carbons (Fsp3) is 0.923. The van der Waals surface area contributed by atoms with Crippen LogP contribution in [0.25, 0.3) is 0 Å². The summed E-state index contributed by atoms with van der Waals surface area (Å²) in [6.45, 7) is 8.36. The van der Waals surface area contributed by atoms with E-state index in [-0.39, 0.29) is 11.5 Å². The maximum absolute atomic E-state index is 12.5. The Kier molecular flexibility index (Phi) is 2.99. The zero-order valence-corrected chi connectivity index (χ0v) is 10.7. The molecule has 1 aliphatic heterocycles. The molecule has 0 radical (unpaired) electrons. The van der Waals surface area contributed by atoms with Gasteiger partial charge in [-0.1, -0.05) is 20.3 Å². The average molecular weight is 224 g/mol. The molecule has 0 spiro atoms. The molecule has 2 fully saturated rings. The molecule has 1 amide bonds. The first kappa shape index (κ1) is 11.9. The van der Waals surface area contributed by atoms with E-state index in [1.807, 2.05) is 4.90 Å². The summed E-state index contributed by atoms with van der Waals surface area (Å²) in [5.41, 5.74) is 5.82. The van der Waals surface area contributed by atoms with Gasteiger partial charge in [0.15, 0.2) is 0 Å². The normalized spacial score (nSPS) is 44.0. The van der Waals surface area contributed by atoms with Crippen LogP contribution in [0.3, 0.4) is 0 Å². The number of carbonyl (C=O) groups is 1. The lowest BCUT2D eigenvalue weighted by atomic mass is 9.83. The smallest absolute Gasteiger partial charge is 0.230 e. The largest absolute Gasteiger partial charge is 0.342 e. The topological polar surface area (TPSA) is 46.3 Å². The molecule has 16 heavy (non-hydrogen) atoms. The van der Waals surface area contributed by atoms with Crippen molar-refractivity contribution in [1.29, 1.82) is 0 Å². The van der Waals surface area contributed by atoms with Gasteiger partial charge in [-0.15, -0.1) is 0 Å². The third kappa shape index (κ3) is 1.75. The van der Waals surface area contributed by atoms with Crippen molar-refractivity contribution in [2.75, 3.05) is 13.1 Å². The molecule has 2 aliphatic rings. The van der Waals surface area contributed by atoms with Crippen LogP contribution >= 0.6 is 0 Å². The highest BCUT2D eigenvalue weighted by atomic mass is 16.2. The fourth-order valence-corrected chi connectivity index (χ4v) is 3.12. The van der Waals surface area contributed by atoms with Gasteiger partial charge < -0.3 is 10.6 Å². The molecule has 1 saturated heterocycles. The zero-order chi connectivity index (χ0) is 11.9. The Balaban J connectivity index is 2.08.